The van der Waals surface area contributed by atoms with Crippen molar-refractivity contribution in [2.75, 3.05) is 6.61 Å². The topological polar surface area (TPSA) is 89.9 Å². The van der Waals surface area contributed by atoms with Crippen molar-refractivity contribution in [3.8, 4) is 5.75 Å². The van der Waals surface area contributed by atoms with Gasteiger partial charge in [0, 0.05) is 0 Å². The zero-order valence-electron chi connectivity index (χ0n) is 16.8. The lowest BCUT2D eigenvalue weighted by atomic mass is 9.88. The minimum absolute atomic E-state index is 0.199. The highest BCUT2D eigenvalue weighted by atomic mass is 16.5. The third-order valence-corrected chi connectivity index (χ3v) is 3.88. The largest absolute Gasteiger partial charge is 0.481 e. The highest BCUT2D eigenvalue weighted by Gasteiger charge is 2.22. The zero-order chi connectivity index (χ0) is 20.6. The van der Waals surface area contributed by atoms with Crippen LogP contribution in [-0.2, 0) is 27.2 Å². The average Bonchev–Trinajstić information content (AvgIpc) is 2.55. The maximum absolute atomic E-state index is 12.4. The van der Waals surface area contributed by atoms with Crippen LogP contribution >= 0.6 is 0 Å². The Morgan fingerprint density at radius 3 is 2.07 bits per heavy atom. The summed E-state index contributed by atoms with van der Waals surface area (Å²) in [5.74, 6) is -1.06. The van der Waals surface area contributed by atoms with Crippen molar-refractivity contribution in [2.45, 2.75) is 60.3 Å². The SMILES string of the molecule is CCOC(=O)c1ccc(OC(=O)CCC(=O)O)c(CC(C)C)c1CC(C)C. The Bertz CT molecular complexity index is 675. The fourth-order valence-corrected chi connectivity index (χ4v) is 2.82. The van der Waals surface area contributed by atoms with E-state index in [1.807, 2.05) is 13.8 Å². The van der Waals surface area contributed by atoms with Crippen LogP contribution in [0.4, 0.5) is 0 Å². The molecule has 1 aromatic rings. The molecule has 0 fully saturated rings. The van der Waals surface area contributed by atoms with E-state index in [2.05, 4.69) is 13.8 Å². The number of aliphatic carboxylic acids is 1. The molecule has 0 amide bonds. The molecule has 0 atom stereocenters. The number of hydrogen-bond donors (Lipinski definition) is 1. The summed E-state index contributed by atoms with van der Waals surface area (Å²) in [5, 5.41) is 8.73. The predicted molar refractivity (Wildman–Crippen MR) is 102 cm³/mol. The van der Waals surface area contributed by atoms with Gasteiger partial charge < -0.3 is 14.6 Å². The molecule has 0 aliphatic rings. The number of carboxylic acids is 1. The average molecular weight is 378 g/mol. The van der Waals surface area contributed by atoms with Gasteiger partial charge in [-0.2, -0.15) is 0 Å². The molecule has 1 N–H and O–H groups in total. The lowest BCUT2D eigenvalue weighted by Gasteiger charge is -2.20. The van der Waals surface area contributed by atoms with Crippen molar-refractivity contribution in [1.29, 1.82) is 0 Å². The van der Waals surface area contributed by atoms with Crippen molar-refractivity contribution in [2.24, 2.45) is 11.8 Å². The van der Waals surface area contributed by atoms with Crippen LogP contribution in [0.5, 0.6) is 5.75 Å². The number of carboxylic acid groups (broad SMARTS) is 1. The molecule has 1 aromatic carbocycles. The molecular weight excluding hydrogens is 348 g/mol. The molecule has 0 aliphatic carbocycles. The Labute approximate surface area is 160 Å². The second-order valence-corrected chi connectivity index (χ2v) is 7.35. The highest BCUT2D eigenvalue weighted by Crippen LogP contribution is 2.31. The molecule has 0 saturated heterocycles. The van der Waals surface area contributed by atoms with E-state index in [4.69, 9.17) is 14.6 Å². The monoisotopic (exact) mass is 378 g/mol. The lowest BCUT2D eigenvalue weighted by Crippen LogP contribution is -2.17. The number of hydrogen-bond acceptors (Lipinski definition) is 5. The fraction of sp³-hybridized carbons (Fsp3) is 0.571. The van der Waals surface area contributed by atoms with Crippen LogP contribution < -0.4 is 4.74 Å². The number of ether oxygens (including phenoxy) is 2. The standard InChI is InChI=1S/C21H30O6/c1-6-26-21(25)15-7-8-18(27-20(24)10-9-19(22)23)17(12-14(4)5)16(15)11-13(2)3/h7-8,13-14H,6,9-12H2,1-5H3,(H,22,23). The molecule has 0 aromatic heterocycles. The van der Waals surface area contributed by atoms with Gasteiger partial charge in [-0.1, -0.05) is 27.7 Å². The van der Waals surface area contributed by atoms with E-state index in [0.29, 0.717) is 30.1 Å². The van der Waals surface area contributed by atoms with Crippen molar-refractivity contribution in [3.63, 3.8) is 0 Å². The Morgan fingerprint density at radius 1 is 0.963 bits per heavy atom. The maximum Gasteiger partial charge on any atom is 0.338 e. The molecule has 6 nitrogen and oxygen atoms in total. The Hall–Kier alpha value is -2.37. The fourth-order valence-electron chi connectivity index (χ4n) is 2.82. The van der Waals surface area contributed by atoms with E-state index in [9.17, 15) is 14.4 Å². The van der Waals surface area contributed by atoms with Gasteiger partial charge in [-0.25, -0.2) is 4.79 Å². The highest BCUT2D eigenvalue weighted by molar-refractivity contribution is 5.92. The van der Waals surface area contributed by atoms with E-state index >= 15 is 0 Å². The van der Waals surface area contributed by atoms with Gasteiger partial charge in [-0.3, -0.25) is 9.59 Å². The summed E-state index contributed by atoms with van der Waals surface area (Å²) in [7, 11) is 0. The third kappa shape index (κ3) is 7.41. The first-order chi connectivity index (χ1) is 12.6. The van der Waals surface area contributed by atoms with Crippen LogP contribution in [-0.4, -0.2) is 29.6 Å². The summed E-state index contributed by atoms with van der Waals surface area (Å²) < 4.78 is 10.6. The lowest BCUT2D eigenvalue weighted by molar-refractivity contribution is -0.142. The van der Waals surface area contributed by atoms with Gasteiger partial charge in [-0.05, 0) is 54.9 Å². The van der Waals surface area contributed by atoms with E-state index in [1.54, 1.807) is 19.1 Å². The van der Waals surface area contributed by atoms with Crippen molar-refractivity contribution >= 4 is 17.9 Å². The van der Waals surface area contributed by atoms with Crippen LogP contribution in [0.1, 0.15) is 68.9 Å². The van der Waals surface area contributed by atoms with Gasteiger partial charge in [-0.15, -0.1) is 0 Å². The Kier molecular flexibility index (Phi) is 8.98. The van der Waals surface area contributed by atoms with Crippen LogP contribution in [0.15, 0.2) is 12.1 Å². The van der Waals surface area contributed by atoms with Crippen molar-refractivity contribution in [1.82, 2.24) is 0 Å². The maximum atomic E-state index is 12.4. The van der Waals surface area contributed by atoms with E-state index in [1.165, 1.54) is 0 Å². The van der Waals surface area contributed by atoms with E-state index in [0.717, 1.165) is 11.1 Å². The van der Waals surface area contributed by atoms with Crippen LogP contribution in [0.25, 0.3) is 0 Å². The third-order valence-electron chi connectivity index (χ3n) is 3.88. The smallest absolute Gasteiger partial charge is 0.338 e. The van der Waals surface area contributed by atoms with Crippen LogP contribution in [0.2, 0.25) is 0 Å². The van der Waals surface area contributed by atoms with Gasteiger partial charge in [0.2, 0.25) is 0 Å². The normalized spacial score (nSPS) is 10.9. The van der Waals surface area contributed by atoms with Gasteiger partial charge in [0.1, 0.15) is 5.75 Å². The molecule has 6 heteroatoms. The summed E-state index contributed by atoms with van der Waals surface area (Å²) in [6, 6.07) is 3.23. The summed E-state index contributed by atoms with van der Waals surface area (Å²) >= 11 is 0. The van der Waals surface area contributed by atoms with Crippen LogP contribution in [0.3, 0.4) is 0 Å². The van der Waals surface area contributed by atoms with Crippen molar-refractivity contribution in [3.05, 3.63) is 28.8 Å². The van der Waals surface area contributed by atoms with E-state index in [-0.39, 0.29) is 31.3 Å². The summed E-state index contributed by atoms with van der Waals surface area (Å²) in [4.78, 5) is 35.1. The van der Waals surface area contributed by atoms with Gasteiger partial charge >= 0.3 is 17.9 Å². The van der Waals surface area contributed by atoms with Gasteiger partial charge in [0.15, 0.2) is 0 Å². The second-order valence-electron chi connectivity index (χ2n) is 7.35. The number of benzene rings is 1. The number of esters is 2. The van der Waals surface area contributed by atoms with Crippen LogP contribution in [0, 0.1) is 11.8 Å². The zero-order valence-corrected chi connectivity index (χ0v) is 16.8. The molecule has 0 bridgehead atoms. The Morgan fingerprint density at radius 2 is 1.56 bits per heavy atom. The minimum atomic E-state index is -1.05. The van der Waals surface area contributed by atoms with E-state index < -0.39 is 11.9 Å². The first-order valence-corrected chi connectivity index (χ1v) is 9.39. The second kappa shape index (κ2) is 10.7. The molecule has 27 heavy (non-hydrogen) atoms. The number of rotatable bonds is 10. The summed E-state index contributed by atoms with van der Waals surface area (Å²) in [6.07, 6.45) is 0.807. The molecule has 0 radical (unpaired) electrons. The molecule has 0 spiro atoms. The summed E-state index contributed by atoms with van der Waals surface area (Å²) in [5.41, 5.74) is 2.14. The molecule has 1 rings (SSSR count). The van der Waals surface area contributed by atoms with Gasteiger partial charge in [0.25, 0.3) is 0 Å². The predicted octanol–water partition coefficient (Wildman–Crippen LogP) is 4.03. The number of carbonyl (C=O) groups is 3. The molecule has 0 aliphatic heterocycles. The molecule has 0 heterocycles. The Balaban J connectivity index is 3.34. The molecule has 0 saturated carbocycles. The molecular formula is C21H30O6. The van der Waals surface area contributed by atoms with Gasteiger partial charge in [0.05, 0.1) is 25.0 Å². The summed E-state index contributed by atoms with van der Waals surface area (Å²) in [6.45, 7) is 10.2. The van der Waals surface area contributed by atoms with Crippen molar-refractivity contribution < 1.29 is 29.0 Å². The minimum Gasteiger partial charge on any atom is -0.481 e. The molecule has 150 valence electrons. The molecule has 0 unspecified atom stereocenters. The first-order valence-electron chi connectivity index (χ1n) is 9.39. The first kappa shape index (κ1) is 22.7. The number of carbonyl (C=O) groups excluding carboxylic acids is 2. The quantitative estimate of drug-likeness (QED) is 0.488.